The van der Waals surface area contributed by atoms with Gasteiger partial charge in [-0.15, -0.1) is 0 Å². The van der Waals surface area contributed by atoms with Crippen LogP contribution in [-0.2, 0) is 16.0 Å². The van der Waals surface area contributed by atoms with Gasteiger partial charge in [0.05, 0.1) is 0 Å². The fourth-order valence-electron chi connectivity index (χ4n) is 2.85. The van der Waals surface area contributed by atoms with Gasteiger partial charge in [0.15, 0.2) is 0 Å². The topological polar surface area (TPSA) is 52.7 Å². The summed E-state index contributed by atoms with van der Waals surface area (Å²) in [7, 11) is 0. The maximum atomic E-state index is 11.4. The van der Waals surface area contributed by atoms with Gasteiger partial charge in [-0.05, 0) is 30.2 Å². The number of hydrogen-bond donors (Lipinski definition) is 1. The molecule has 0 radical (unpaired) electrons. The Balaban J connectivity index is 1.73. The van der Waals surface area contributed by atoms with Gasteiger partial charge in [-0.2, -0.15) is 0 Å². The van der Waals surface area contributed by atoms with E-state index in [9.17, 15) is 9.59 Å². The maximum Gasteiger partial charge on any atom is 0.224 e. The third-order valence-corrected chi connectivity index (χ3v) is 4.07. The van der Waals surface area contributed by atoms with E-state index >= 15 is 0 Å². The summed E-state index contributed by atoms with van der Waals surface area (Å²) in [6.45, 7) is 4.92. The molecule has 0 saturated carbocycles. The van der Waals surface area contributed by atoms with Gasteiger partial charge < -0.3 is 15.1 Å². The van der Waals surface area contributed by atoms with E-state index in [0.29, 0.717) is 6.42 Å². The van der Waals surface area contributed by atoms with Gasteiger partial charge >= 0.3 is 0 Å². The first-order valence-corrected chi connectivity index (χ1v) is 7.07. The number of hydrogen-bond acceptors (Lipinski definition) is 3. The molecule has 106 valence electrons. The number of fused-ring (bicyclic) bond motifs is 1. The number of nitrogens with one attached hydrogen (secondary N) is 1. The van der Waals surface area contributed by atoms with E-state index in [1.54, 1.807) is 6.92 Å². The molecule has 2 heterocycles. The van der Waals surface area contributed by atoms with Gasteiger partial charge in [-0.3, -0.25) is 9.59 Å². The molecular weight excluding hydrogens is 254 g/mol. The zero-order valence-corrected chi connectivity index (χ0v) is 11.7. The predicted octanol–water partition coefficient (Wildman–Crippen LogP) is 1.24. The minimum atomic E-state index is 0.0975. The van der Waals surface area contributed by atoms with E-state index < -0.39 is 0 Å². The van der Waals surface area contributed by atoms with Crippen LogP contribution in [0.1, 0.15) is 18.9 Å². The molecule has 0 bridgehead atoms. The Labute approximate surface area is 118 Å². The normalized spacial score (nSPS) is 18.6. The lowest BCUT2D eigenvalue weighted by Crippen LogP contribution is -2.48. The number of carbonyl (C=O) groups excluding carboxylic acids is 2. The Morgan fingerprint density at radius 1 is 1.15 bits per heavy atom. The minimum Gasteiger partial charge on any atom is -0.368 e. The molecule has 0 spiro atoms. The van der Waals surface area contributed by atoms with Crippen molar-refractivity contribution in [1.82, 2.24) is 4.90 Å². The molecule has 0 unspecified atom stereocenters. The predicted molar refractivity (Wildman–Crippen MR) is 77.9 cm³/mol. The van der Waals surface area contributed by atoms with E-state index in [0.717, 1.165) is 38.3 Å². The quantitative estimate of drug-likeness (QED) is 0.837. The van der Waals surface area contributed by atoms with Crippen molar-refractivity contribution in [3.63, 3.8) is 0 Å². The standard InChI is InChI=1S/C15H19N3O2/c1-11(19)17-6-8-18(9-7-17)13-3-4-14-12(10-13)2-5-15(20)16-14/h3-4,10H,2,5-9H2,1H3,(H,16,20). The molecule has 0 aromatic heterocycles. The number of piperazine rings is 1. The first-order chi connectivity index (χ1) is 9.63. The molecule has 20 heavy (non-hydrogen) atoms. The van der Waals surface area contributed by atoms with Crippen LogP contribution in [0.4, 0.5) is 11.4 Å². The molecular formula is C15H19N3O2. The molecule has 2 aliphatic rings. The average Bonchev–Trinajstić information content (AvgIpc) is 2.47. The van der Waals surface area contributed by atoms with Crippen molar-refractivity contribution in [2.75, 3.05) is 36.4 Å². The smallest absolute Gasteiger partial charge is 0.224 e. The van der Waals surface area contributed by atoms with Crippen LogP contribution >= 0.6 is 0 Å². The fourth-order valence-corrected chi connectivity index (χ4v) is 2.85. The molecule has 1 aromatic carbocycles. The van der Waals surface area contributed by atoms with Crippen LogP contribution in [0.2, 0.25) is 0 Å². The van der Waals surface area contributed by atoms with Gasteiger partial charge in [0.2, 0.25) is 11.8 Å². The lowest BCUT2D eigenvalue weighted by atomic mass is 10.0. The van der Waals surface area contributed by atoms with Gasteiger partial charge in [0.25, 0.3) is 0 Å². The summed E-state index contributed by atoms with van der Waals surface area (Å²) in [5.74, 6) is 0.248. The monoisotopic (exact) mass is 273 g/mol. The van der Waals surface area contributed by atoms with Crippen LogP contribution in [0.3, 0.4) is 0 Å². The van der Waals surface area contributed by atoms with E-state index in [1.165, 1.54) is 11.3 Å². The number of aryl methyl sites for hydroxylation is 1. The highest BCUT2D eigenvalue weighted by Crippen LogP contribution is 2.28. The summed E-state index contributed by atoms with van der Waals surface area (Å²) in [5.41, 5.74) is 3.33. The van der Waals surface area contributed by atoms with Crippen molar-refractivity contribution >= 4 is 23.2 Å². The highest BCUT2D eigenvalue weighted by atomic mass is 16.2. The first kappa shape index (κ1) is 13.0. The van der Waals surface area contributed by atoms with E-state index in [4.69, 9.17) is 0 Å². The summed E-state index contributed by atoms with van der Waals surface area (Å²) >= 11 is 0. The third kappa shape index (κ3) is 2.48. The lowest BCUT2D eigenvalue weighted by molar-refractivity contribution is -0.129. The van der Waals surface area contributed by atoms with Gasteiger partial charge in [0, 0.05) is 50.9 Å². The van der Waals surface area contributed by atoms with Crippen molar-refractivity contribution in [2.24, 2.45) is 0 Å². The van der Waals surface area contributed by atoms with E-state index in [1.807, 2.05) is 17.0 Å². The van der Waals surface area contributed by atoms with E-state index in [-0.39, 0.29) is 11.8 Å². The summed E-state index contributed by atoms with van der Waals surface area (Å²) in [5, 5.41) is 2.90. The van der Waals surface area contributed by atoms with Crippen molar-refractivity contribution in [3.8, 4) is 0 Å². The number of nitrogens with zero attached hydrogens (tertiary/aromatic N) is 2. The second kappa shape index (κ2) is 5.15. The summed E-state index contributed by atoms with van der Waals surface area (Å²) in [6.07, 6.45) is 1.37. The average molecular weight is 273 g/mol. The van der Waals surface area contributed by atoms with Crippen molar-refractivity contribution in [2.45, 2.75) is 19.8 Å². The van der Waals surface area contributed by atoms with Crippen molar-refractivity contribution in [3.05, 3.63) is 23.8 Å². The van der Waals surface area contributed by atoms with Gasteiger partial charge in [-0.25, -0.2) is 0 Å². The molecule has 1 N–H and O–H groups in total. The van der Waals surface area contributed by atoms with Crippen molar-refractivity contribution < 1.29 is 9.59 Å². The molecule has 1 saturated heterocycles. The molecule has 0 atom stereocenters. The number of amides is 2. The lowest BCUT2D eigenvalue weighted by Gasteiger charge is -2.36. The largest absolute Gasteiger partial charge is 0.368 e. The molecule has 2 amide bonds. The Kier molecular flexibility index (Phi) is 3.34. The third-order valence-electron chi connectivity index (χ3n) is 4.07. The number of carbonyl (C=O) groups is 2. The maximum absolute atomic E-state index is 11.4. The van der Waals surface area contributed by atoms with Crippen LogP contribution in [0, 0.1) is 0 Å². The first-order valence-electron chi connectivity index (χ1n) is 7.07. The van der Waals surface area contributed by atoms with Crippen LogP contribution in [0.25, 0.3) is 0 Å². The Morgan fingerprint density at radius 2 is 1.90 bits per heavy atom. The number of rotatable bonds is 1. The summed E-state index contributed by atoms with van der Waals surface area (Å²) < 4.78 is 0. The number of anilines is 2. The Morgan fingerprint density at radius 3 is 2.60 bits per heavy atom. The zero-order valence-electron chi connectivity index (χ0n) is 11.7. The van der Waals surface area contributed by atoms with Crippen LogP contribution in [0.5, 0.6) is 0 Å². The zero-order chi connectivity index (χ0) is 14.1. The highest BCUT2D eigenvalue weighted by molar-refractivity contribution is 5.94. The van der Waals surface area contributed by atoms with Crippen LogP contribution < -0.4 is 10.2 Å². The Hall–Kier alpha value is -2.04. The molecule has 1 fully saturated rings. The molecule has 5 heteroatoms. The van der Waals surface area contributed by atoms with E-state index in [2.05, 4.69) is 16.3 Å². The second-order valence-electron chi connectivity index (χ2n) is 5.38. The highest BCUT2D eigenvalue weighted by Gasteiger charge is 2.20. The molecule has 0 aliphatic carbocycles. The fraction of sp³-hybridized carbons (Fsp3) is 0.467. The van der Waals surface area contributed by atoms with Crippen LogP contribution in [0.15, 0.2) is 18.2 Å². The van der Waals surface area contributed by atoms with Gasteiger partial charge in [-0.1, -0.05) is 0 Å². The summed E-state index contributed by atoms with van der Waals surface area (Å²) in [6, 6.07) is 6.20. The summed E-state index contributed by atoms with van der Waals surface area (Å²) in [4.78, 5) is 26.9. The van der Waals surface area contributed by atoms with Gasteiger partial charge in [0.1, 0.15) is 0 Å². The molecule has 5 nitrogen and oxygen atoms in total. The molecule has 3 rings (SSSR count). The molecule has 1 aromatic rings. The molecule has 2 aliphatic heterocycles. The van der Waals surface area contributed by atoms with Crippen molar-refractivity contribution in [1.29, 1.82) is 0 Å². The Bertz CT molecular complexity index is 548. The number of benzene rings is 1. The minimum absolute atomic E-state index is 0.0975. The second-order valence-corrected chi connectivity index (χ2v) is 5.38. The van der Waals surface area contributed by atoms with Crippen LogP contribution in [-0.4, -0.2) is 42.9 Å². The SMILES string of the molecule is CC(=O)N1CCN(c2ccc3c(c2)CCC(=O)N3)CC1.